The molecule has 1 heterocycles. The second kappa shape index (κ2) is 5.48. The van der Waals surface area contributed by atoms with Crippen LogP contribution in [-0.4, -0.2) is 11.6 Å². The van der Waals surface area contributed by atoms with E-state index in [1.807, 2.05) is 0 Å². The molecule has 3 heteroatoms. The van der Waals surface area contributed by atoms with Gasteiger partial charge in [-0.3, -0.25) is 0 Å². The summed E-state index contributed by atoms with van der Waals surface area (Å²) >= 11 is 0. The summed E-state index contributed by atoms with van der Waals surface area (Å²) in [4.78, 5) is 2.29. The smallest absolute Gasteiger partial charge is 0.234 e. The SMILES string of the molecule is CC(C)c1ccccc1N(C)c1n(C)c2ccccc2[n+]1C. The lowest BCUT2D eigenvalue weighted by Crippen LogP contribution is -2.35. The third-order valence-electron chi connectivity index (χ3n) is 4.42. The molecule has 0 spiro atoms. The summed E-state index contributed by atoms with van der Waals surface area (Å²) in [5.74, 6) is 1.67. The Kier molecular flexibility index (Phi) is 3.65. The number of aryl methyl sites for hydroxylation is 2. The van der Waals surface area contributed by atoms with Gasteiger partial charge in [0.05, 0.1) is 21.1 Å². The lowest BCUT2D eigenvalue weighted by Gasteiger charge is -2.18. The van der Waals surface area contributed by atoms with Gasteiger partial charge in [0.25, 0.3) is 0 Å². The molecular weight excluding hydrogens is 270 g/mol. The number of aromatic nitrogens is 2. The van der Waals surface area contributed by atoms with Gasteiger partial charge in [-0.15, -0.1) is 0 Å². The molecule has 22 heavy (non-hydrogen) atoms. The Morgan fingerprint density at radius 1 is 1.00 bits per heavy atom. The summed E-state index contributed by atoms with van der Waals surface area (Å²) in [6.07, 6.45) is 0. The Morgan fingerprint density at radius 2 is 1.64 bits per heavy atom. The fraction of sp³-hybridized carbons (Fsp3) is 0.316. The fourth-order valence-corrected chi connectivity index (χ4v) is 3.31. The Hall–Kier alpha value is -2.29. The predicted molar refractivity (Wildman–Crippen MR) is 92.7 cm³/mol. The lowest BCUT2D eigenvalue weighted by atomic mass is 10.0. The van der Waals surface area contributed by atoms with E-state index in [-0.39, 0.29) is 0 Å². The van der Waals surface area contributed by atoms with E-state index in [1.165, 1.54) is 28.2 Å². The molecule has 3 rings (SSSR count). The van der Waals surface area contributed by atoms with Crippen molar-refractivity contribution in [1.82, 2.24) is 4.57 Å². The second-order valence-electron chi connectivity index (χ2n) is 6.18. The average Bonchev–Trinajstić information content (AvgIpc) is 2.79. The van der Waals surface area contributed by atoms with Crippen molar-refractivity contribution in [3.8, 4) is 0 Å². The van der Waals surface area contributed by atoms with Gasteiger partial charge >= 0.3 is 5.95 Å². The zero-order valence-electron chi connectivity index (χ0n) is 14.0. The number of hydrogen-bond acceptors (Lipinski definition) is 1. The number of rotatable bonds is 3. The molecule has 0 atom stereocenters. The predicted octanol–water partition coefficient (Wildman–Crippen LogP) is 3.89. The van der Waals surface area contributed by atoms with Crippen molar-refractivity contribution in [2.24, 2.45) is 14.1 Å². The Balaban J connectivity index is 2.20. The molecule has 0 amide bonds. The van der Waals surface area contributed by atoms with E-state index in [1.54, 1.807) is 0 Å². The van der Waals surface area contributed by atoms with Crippen molar-refractivity contribution >= 4 is 22.7 Å². The number of anilines is 2. The Labute approximate surface area is 132 Å². The molecule has 0 unspecified atom stereocenters. The topological polar surface area (TPSA) is 12.1 Å². The number of hydrogen-bond donors (Lipinski definition) is 0. The summed E-state index contributed by atoms with van der Waals surface area (Å²) in [7, 11) is 6.41. The van der Waals surface area contributed by atoms with Crippen LogP contribution in [0.2, 0.25) is 0 Å². The van der Waals surface area contributed by atoms with Crippen LogP contribution < -0.4 is 9.47 Å². The van der Waals surface area contributed by atoms with Crippen molar-refractivity contribution in [2.45, 2.75) is 19.8 Å². The van der Waals surface area contributed by atoms with Crippen LogP contribution in [0, 0.1) is 0 Å². The van der Waals surface area contributed by atoms with Crippen LogP contribution in [-0.2, 0) is 14.1 Å². The van der Waals surface area contributed by atoms with Crippen molar-refractivity contribution in [1.29, 1.82) is 0 Å². The van der Waals surface area contributed by atoms with Crippen molar-refractivity contribution < 1.29 is 4.57 Å². The monoisotopic (exact) mass is 294 g/mol. The third kappa shape index (κ3) is 2.17. The summed E-state index contributed by atoms with van der Waals surface area (Å²) < 4.78 is 4.51. The molecule has 0 saturated carbocycles. The van der Waals surface area contributed by atoms with Crippen LogP contribution in [0.4, 0.5) is 11.6 Å². The van der Waals surface area contributed by atoms with Crippen LogP contribution in [0.1, 0.15) is 25.3 Å². The van der Waals surface area contributed by atoms with E-state index in [0.717, 1.165) is 0 Å². The summed E-state index contributed by atoms with van der Waals surface area (Å²) in [6.45, 7) is 4.49. The molecule has 0 N–H and O–H groups in total. The third-order valence-corrected chi connectivity index (χ3v) is 4.42. The lowest BCUT2D eigenvalue weighted by molar-refractivity contribution is -0.632. The molecular formula is C19H24N3+. The van der Waals surface area contributed by atoms with Gasteiger partial charge in [0.15, 0.2) is 0 Å². The van der Waals surface area contributed by atoms with Gasteiger partial charge in [0.2, 0.25) is 0 Å². The summed E-state index contributed by atoms with van der Waals surface area (Å²) in [5.41, 5.74) is 5.12. The normalized spacial score (nSPS) is 11.4. The molecule has 3 nitrogen and oxygen atoms in total. The van der Waals surface area contributed by atoms with Gasteiger partial charge in [-0.25, -0.2) is 14.0 Å². The van der Waals surface area contributed by atoms with Crippen molar-refractivity contribution in [2.75, 3.05) is 11.9 Å². The van der Waals surface area contributed by atoms with E-state index in [0.29, 0.717) is 5.92 Å². The van der Waals surface area contributed by atoms with Gasteiger partial charge in [-0.1, -0.05) is 44.2 Å². The zero-order valence-corrected chi connectivity index (χ0v) is 14.0. The summed E-state index contributed by atoms with van der Waals surface area (Å²) in [6, 6.07) is 17.2. The maximum absolute atomic E-state index is 2.29. The fourth-order valence-electron chi connectivity index (χ4n) is 3.31. The average molecular weight is 294 g/mol. The molecule has 0 saturated heterocycles. The number of para-hydroxylation sites is 3. The molecule has 0 aliphatic rings. The first-order valence-electron chi connectivity index (χ1n) is 7.78. The van der Waals surface area contributed by atoms with E-state index >= 15 is 0 Å². The minimum Gasteiger partial charge on any atom is -0.234 e. The van der Waals surface area contributed by atoms with Gasteiger partial charge in [-0.05, 0) is 29.7 Å². The molecule has 0 aliphatic carbocycles. The molecule has 0 aliphatic heterocycles. The second-order valence-corrected chi connectivity index (χ2v) is 6.18. The first-order chi connectivity index (χ1) is 10.5. The largest absolute Gasteiger partial charge is 0.365 e. The van der Waals surface area contributed by atoms with Crippen LogP contribution in [0.5, 0.6) is 0 Å². The van der Waals surface area contributed by atoms with Crippen LogP contribution >= 0.6 is 0 Å². The molecule has 0 fully saturated rings. The number of benzene rings is 2. The molecule has 0 radical (unpaired) electrons. The standard InChI is InChI=1S/C19H24N3/c1-14(2)15-10-6-7-11-16(15)20(3)19-21(4)17-12-8-9-13-18(17)22(19)5/h6-14H,1-5H3/q+1. The van der Waals surface area contributed by atoms with Gasteiger partial charge in [0.1, 0.15) is 16.7 Å². The quantitative estimate of drug-likeness (QED) is 0.667. The number of fused-ring (bicyclic) bond motifs is 1. The van der Waals surface area contributed by atoms with Gasteiger partial charge in [-0.2, -0.15) is 0 Å². The Morgan fingerprint density at radius 3 is 2.32 bits per heavy atom. The minimum atomic E-state index is 0.499. The minimum absolute atomic E-state index is 0.499. The molecule has 114 valence electrons. The highest BCUT2D eigenvalue weighted by atomic mass is 15.3. The van der Waals surface area contributed by atoms with Gasteiger partial charge < -0.3 is 0 Å². The van der Waals surface area contributed by atoms with Crippen molar-refractivity contribution in [3.05, 3.63) is 54.1 Å². The van der Waals surface area contributed by atoms with Crippen LogP contribution in [0.3, 0.4) is 0 Å². The maximum Gasteiger partial charge on any atom is 0.365 e. The first kappa shape index (κ1) is 14.6. The molecule has 3 aromatic rings. The van der Waals surface area contributed by atoms with Crippen LogP contribution in [0.25, 0.3) is 11.0 Å². The Bertz CT molecular complexity index is 776. The van der Waals surface area contributed by atoms with Gasteiger partial charge in [0, 0.05) is 0 Å². The number of imidazole rings is 1. The molecule has 1 aromatic heterocycles. The van der Waals surface area contributed by atoms with Crippen LogP contribution in [0.15, 0.2) is 48.5 Å². The zero-order chi connectivity index (χ0) is 15.9. The van der Waals surface area contributed by atoms with Crippen molar-refractivity contribution in [3.63, 3.8) is 0 Å². The summed E-state index contributed by atoms with van der Waals surface area (Å²) in [5, 5.41) is 0. The van der Waals surface area contributed by atoms with E-state index in [4.69, 9.17) is 0 Å². The van der Waals surface area contributed by atoms with E-state index in [2.05, 4.69) is 97.6 Å². The maximum atomic E-state index is 2.29. The highest BCUT2D eigenvalue weighted by Crippen LogP contribution is 2.31. The highest BCUT2D eigenvalue weighted by molar-refractivity contribution is 5.75. The first-order valence-corrected chi connectivity index (χ1v) is 7.78. The molecule has 0 bridgehead atoms. The van der Waals surface area contributed by atoms with E-state index in [9.17, 15) is 0 Å². The van der Waals surface area contributed by atoms with E-state index < -0.39 is 0 Å². The highest BCUT2D eigenvalue weighted by Gasteiger charge is 2.26. The number of nitrogens with zero attached hydrogens (tertiary/aromatic N) is 3. The molecule has 2 aromatic carbocycles.